The molecule has 0 heterocycles. The molecule has 4 heteroatoms. The molecule has 0 unspecified atom stereocenters. The van der Waals surface area contributed by atoms with E-state index in [9.17, 15) is 0 Å². The van der Waals surface area contributed by atoms with Gasteiger partial charge in [-0.05, 0) is 42.3 Å². The first kappa shape index (κ1) is 13.8. The Kier molecular flexibility index (Phi) is 4.11. The molecule has 0 aromatic heterocycles. The molecule has 0 fully saturated rings. The first-order valence-electron chi connectivity index (χ1n) is 6.20. The van der Waals surface area contributed by atoms with Crippen molar-refractivity contribution in [3.05, 3.63) is 53.1 Å². The van der Waals surface area contributed by atoms with Gasteiger partial charge in [0.2, 0.25) is 0 Å². The fourth-order valence-electron chi connectivity index (χ4n) is 1.89. The lowest BCUT2D eigenvalue weighted by Crippen LogP contribution is -2.00. The topological polar surface area (TPSA) is 68.3 Å². The highest BCUT2D eigenvalue weighted by atomic mass is 16.5. The summed E-state index contributed by atoms with van der Waals surface area (Å²) in [6, 6.07) is 12.9. The number of nitrogen functional groups attached to an aromatic ring is 1. The van der Waals surface area contributed by atoms with E-state index in [1.165, 1.54) is 0 Å². The van der Waals surface area contributed by atoms with Gasteiger partial charge in [0.15, 0.2) is 11.5 Å². The third-order valence-electron chi connectivity index (χ3n) is 3.04. The summed E-state index contributed by atoms with van der Waals surface area (Å²) in [6.45, 7) is 2.35. The third kappa shape index (κ3) is 3.01. The summed E-state index contributed by atoms with van der Waals surface area (Å²) in [4.78, 5) is 0. The molecule has 2 N–H and O–H groups in total. The Bertz CT molecular complexity index is 660. The quantitative estimate of drug-likeness (QED) is 0.865. The van der Waals surface area contributed by atoms with Crippen molar-refractivity contribution in [1.82, 2.24) is 0 Å². The van der Waals surface area contributed by atoms with E-state index in [2.05, 4.69) is 6.07 Å². The molecule has 0 bridgehead atoms. The second-order valence-electron chi connectivity index (χ2n) is 4.45. The number of nitriles is 1. The molecule has 0 spiro atoms. The van der Waals surface area contributed by atoms with E-state index in [-0.39, 0.29) is 0 Å². The molecule has 20 heavy (non-hydrogen) atoms. The number of hydrogen-bond acceptors (Lipinski definition) is 4. The van der Waals surface area contributed by atoms with Crippen molar-refractivity contribution < 1.29 is 9.47 Å². The monoisotopic (exact) mass is 268 g/mol. The van der Waals surface area contributed by atoms with Gasteiger partial charge in [-0.15, -0.1) is 0 Å². The van der Waals surface area contributed by atoms with Gasteiger partial charge in [-0.2, -0.15) is 5.26 Å². The largest absolute Gasteiger partial charge is 0.493 e. The van der Waals surface area contributed by atoms with E-state index >= 15 is 0 Å². The zero-order chi connectivity index (χ0) is 14.5. The zero-order valence-electron chi connectivity index (χ0n) is 11.5. The lowest BCUT2D eigenvalue weighted by atomic mass is 10.1. The molecule has 0 aliphatic carbocycles. The van der Waals surface area contributed by atoms with Crippen LogP contribution in [-0.2, 0) is 6.61 Å². The first-order valence-corrected chi connectivity index (χ1v) is 6.20. The fraction of sp³-hybridized carbons (Fsp3) is 0.188. The van der Waals surface area contributed by atoms with Crippen LogP contribution in [-0.4, -0.2) is 7.11 Å². The standard InChI is InChI=1S/C16H16N2O2/c1-11-7-12(9-17)3-4-13(11)10-20-16-8-14(18)5-6-15(16)19-2/h3-8H,10,18H2,1-2H3. The fourth-order valence-corrected chi connectivity index (χ4v) is 1.89. The van der Waals surface area contributed by atoms with Gasteiger partial charge in [-0.25, -0.2) is 0 Å². The van der Waals surface area contributed by atoms with Gasteiger partial charge in [0, 0.05) is 11.8 Å². The van der Waals surface area contributed by atoms with Crippen molar-refractivity contribution in [2.45, 2.75) is 13.5 Å². The Balaban J connectivity index is 2.17. The van der Waals surface area contributed by atoms with Gasteiger partial charge >= 0.3 is 0 Å². The highest BCUT2D eigenvalue weighted by molar-refractivity contribution is 5.52. The Labute approximate surface area is 118 Å². The van der Waals surface area contributed by atoms with Crippen molar-refractivity contribution in [2.24, 2.45) is 0 Å². The number of rotatable bonds is 4. The molecule has 0 aliphatic heterocycles. The first-order chi connectivity index (χ1) is 9.63. The number of nitrogens with zero attached hydrogens (tertiary/aromatic N) is 1. The lowest BCUT2D eigenvalue weighted by Gasteiger charge is -2.12. The number of benzene rings is 2. The van der Waals surface area contributed by atoms with E-state index in [1.807, 2.05) is 19.1 Å². The maximum Gasteiger partial charge on any atom is 0.163 e. The van der Waals surface area contributed by atoms with Crippen LogP contribution in [0, 0.1) is 18.3 Å². The maximum atomic E-state index is 8.85. The zero-order valence-corrected chi connectivity index (χ0v) is 11.5. The van der Waals surface area contributed by atoms with E-state index in [1.54, 1.807) is 31.4 Å². The van der Waals surface area contributed by atoms with E-state index in [4.69, 9.17) is 20.5 Å². The molecule has 102 valence electrons. The van der Waals surface area contributed by atoms with Crippen molar-refractivity contribution in [2.75, 3.05) is 12.8 Å². The van der Waals surface area contributed by atoms with Gasteiger partial charge in [0.05, 0.1) is 18.7 Å². The number of anilines is 1. The van der Waals surface area contributed by atoms with Crippen LogP contribution < -0.4 is 15.2 Å². The summed E-state index contributed by atoms with van der Waals surface area (Å²) in [5.74, 6) is 1.25. The van der Waals surface area contributed by atoms with Crippen LogP contribution in [0.2, 0.25) is 0 Å². The maximum absolute atomic E-state index is 8.85. The second kappa shape index (κ2) is 5.98. The smallest absolute Gasteiger partial charge is 0.163 e. The van der Waals surface area contributed by atoms with Gasteiger partial charge < -0.3 is 15.2 Å². The molecule has 2 aromatic rings. The van der Waals surface area contributed by atoms with Gasteiger partial charge in [0.25, 0.3) is 0 Å². The average molecular weight is 268 g/mol. The van der Waals surface area contributed by atoms with Crippen LogP contribution in [0.5, 0.6) is 11.5 Å². The minimum Gasteiger partial charge on any atom is -0.493 e. The third-order valence-corrected chi connectivity index (χ3v) is 3.04. The average Bonchev–Trinajstić information content (AvgIpc) is 2.46. The molecule has 0 aliphatic rings. The minimum atomic E-state index is 0.400. The summed E-state index contributed by atoms with van der Waals surface area (Å²) in [5, 5.41) is 8.85. The van der Waals surface area contributed by atoms with Gasteiger partial charge in [-0.3, -0.25) is 0 Å². The minimum absolute atomic E-state index is 0.400. The highest BCUT2D eigenvalue weighted by Gasteiger charge is 2.06. The summed E-state index contributed by atoms with van der Waals surface area (Å²) in [7, 11) is 1.59. The van der Waals surface area contributed by atoms with Crippen LogP contribution in [0.4, 0.5) is 5.69 Å². The van der Waals surface area contributed by atoms with Crippen molar-refractivity contribution in [1.29, 1.82) is 5.26 Å². The van der Waals surface area contributed by atoms with E-state index in [0.717, 1.165) is 11.1 Å². The molecule has 4 nitrogen and oxygen atoms in total. The summed E-state index contributed by atoms with van der Waals surface area (Å²) in [5.41, 5.74) is 9.06. The van der Waals surface area contributed by atoms with Crippen LogP contribution in [0.1, 0.15) is 16.7 Å². The number of hydrogen-bond donors (Lipinski definition) is 1. The number of ether oxygens (including phenoxy) is 2. The molecule has 0 radical (unpaired) electrons. The summed E-state index contributed by atoms with van der Waals surface area (Å²) in [6.07, 6.45) is 0. The van der Waals surface area contributed by atoms with E-state index < -0.39 is 0 Å². The highest BCUT2D eigenvalue weighted by Crippen LogP contribution is 2.30. The molecule has 0 saturated heterocycles. The van der Waals surface area contributed by atoms with Crippen LogP contribution in [0.25, 0.3) is 0 Å². The molecular formula is C16H16N2O2. The lowest BCUT2D eigenvalue weighted by molar-refractivity contribution is 0.284. The van der Waals surface area contributed by atoms with E-state index in [0.29, 0.717) is 29.4 Å². The molecule has 0 saturated carbocycles. The van der Waals surface area contributed by atoms with Crippen molar-refractivity contribution in [3.63, 3.8) is 0 Å². The van der Waals surface area contributed by atoms with Crippen LogP contribution in [0.3, 0.4) is 0 Å². The van der Waals surface area contributed by atoms with Gasteiger partial charge in [0.1, 0.15) is 6.61 Å². The predicted octanol–water partition coefficient (Wildman–Crippen LogP) is 3.04. The Hall–Kier alpha value is -2.67. The number of aryl methyl sites for hydroxylation is 1. The van der Waals surface area contributed by atoms with Crippen molar-refractivity contribution in [3.8, 4) is 17.6 Å². The Morgan fingerprint density at radius 2 is 1.95 bits per heavy atom. The summed E-state index contributed by atoms with van der Waals surface area (Å²) < 4.78 is 11.0. The number of nitrogens with two attached hydrogens (primary N) is 1. The molecule has 0 amide bonds. The summed E-state index contributed by atoms with van der Waals surface area (Å²) >= 11 is 0. The van der Waals surface area contributed by atoms with Gasteiger partial charge in [-0.1, -0.05) is 6.07 Å². The SMILES string of the molecule is COc1ccc(N)cc1OCc1ccc(C#N)cc1C. The molecule has 0 atom stereocenters. The Morgan fingerprint density at radius 3 is 2.60 bits per heavy atom. The predicted molar refractivity (Wildman–Crippen MR) is 77.6 cm³/mol. The van der Waals surface area contributed by atoms with Crippen LogP contribution >= 0.6 is 0 Å². The normalized spacial score (nSPS) is 9.85. The second-order valence-corrected chi connectivity index (χ2v) is 4.45. The van der Waals surface area contributed by atoms with Crippen LogP contribution in [0.15, 0.2) is 36.4 Å². The van der Waals surface area contributed by atoms with Crippen molar-refractivity contribution >= 4 is 5.69 Å². The molecule has 2 aromatic carbocycles. The number of methoxy groups -OCH3 is 1. The molecular weight excluding hydrogens is 252 g/mol. The Morgan fingerprint density at radius 1 is 1.15 bits per heavy atom. The molecule has 2 rings (SSSR count).